The zero-order valence-electron chi connectivity index (χ0n) is 26.0. The molecule has 1 aromatic heterocycles. The molecule has 242 valence electrons. The molecule has 1 aromatic rings. The van der Waals surface area contributed by atoms with Gasteiger partial charge in [0.05, 0.1) is 36.9 Å². The summed E-state index contributed by atoms with van der Waals surface area (Å²) in [6, 6.07) is 2.34. The van der Waals surface area contributed by atoms with Crippen molar-refractivity contribution in [3.63, 3.8) is 0 Å². The second-order valence-corrected chi connectivity index (χ2v) is 12.3. The van der Waals surface area contributed by atoms with Crippen molar-refractivity contribution in [1.29, 1.82) is 0 Å². The van der Waals surface area contributed by atoms with E-state index in [-0.39, 0.29) is 66.0 Å². The van der Waals surface area contributed by atoms with Gasteiger partial charge in [0.2, 0.25) is 17.7 Å². The Morgan fingerprint density at radius 3 is 2.52 bits per heavy atom. The molecule has 4 rings (SSSR count). The van der Waals surface area contributed by atoms with Crippen LogP contribution in [0.3, 0.4) is 0 Å². The Morgan fingerprint density at radius 1 is 1.16 bits per heavy atom. The average molecular weight is 616 g/mol. The first-order valence-corrected chi connectivity index (χ1v) is 15.2. The minimum atomic E-state index is -0.615. The molecule has 0 saturated carbocycles. The van der Waals surface area contributed by atoms with E-state index in [9.17, 15) is 24.6 Å². The van der Waals surface area contributed by atoms with Crippen molar-refractivity contribution in [3.05, 3.63) is 48.1 Å². The lowest BCUT2D eigenvalue weighted by Gasteiger charge is -2.39. The molecule has 44 heavy (non-hydrogen) atoms. The van der Waals surface area contributed by atoms with E-state index in [0.29, 0.717) is 11.2 Å². The van der Waals surface area contributed by atoms with Gasteiger partial charge in [-0.3, -0.25) is 9.59 Å². The summed E-state index contributed by atoms with van der Waals surface area (Å²) in [7, 11) is 0. The lowest BCUT2D eigenvalue weighted by Crippen LogP contribution is -2.50. The molecule has 1 spiro atoms. The summed E-state index contributed by atoms with van der Waals surface area (Å²) in [6.07, 6.45) is 10.9. The standard InChI is InChI=1S/C32H45N3O9/c1-19(7-10-27-20(2)14-26(22(4)42-27)34-28(37)11-8-21(3)41-23(5)36)6-9-24-16-32(18-33-32)17-25(43-24)15-31(40)44-35-29(38)12-13-30(35)39/h6-9,11-13,20-22,24-27,33,38-39H,10,14-18H2,1-5H3,(H,34,37). The quantitative estimate of drug-likeness (QED) is 0.126. The molecule has 8 unspecified atom stereocenters. The summed E-state index contributed by atoms with van der Waals surface area (Å²) in [6.45, 7) is 9.99. The van der Waals surface area contributed by atoms with Crippen molar-refractivity contribution in [2.75, 3.05) is 6.54 Å². The number of esters is 1. The predicted molar refractivity (Wildman–Crippen MR) is 161 cm³/mol. The summed E-state index contributed by atoms with van der Waals surface area (Å²) in [5.74, 6) is -1.76. The number of allylic oxidation sites excluding steroid dienone is 2. The SMILES string of the molecule is CC(=O)OC(C)C=CC(=O)NC1CC(C)C(CC=C(C)C=CC2CC3(CN3)CC(CC(=O)On3c(O)ccc3O)O2)OC1C. The number of aromatic nitrogens is 1. The van der Waals surface area contributed by atoms with Gasteiger partial charge in [-0.05, 0) is 58.4 Å². The summed E-state index contributed by atoms with van der Waals surface area (Å²) < 4.78 is 18.2. The normalized spacial score (nSPS) is 31.2. The molecule has 4 heterocycles. The maximum Gasteiger partial charge on any atom is 0.335 e. The highest BCUT2D eigenvalue weighted by atomic mass is 16.7. The van der Waals surface area contributed by atoms with E-state index >= 15 is 0 Å². The maximum atomic E-state index is 12.5. The third-order valence-corrected chi connectivity index (χ3v) is 8.30. The number of ether oxygens (including phenoxy) is 3. The van der Waals surface area contributed by atoms with Crippen LogP contribution in [0.15, 0.2) is 48.1 Å². The molecule has 3 fully saturated rings. The van der Waals surface area contributed by atoms with E-state index in [1.807, 2.05) is 26.0 Å². The first-order chi connectivity index (χ1) is 20.8. The van der Waals surface area contributed by atoms with Crippen molar-refractivity contribution in [2.24, 2.45) is 5.92 Å². The fourth-order valence-corrected chi connectivity index (χ4v) is 5.81. The van der Waals surface area contributed by atoms with Crippen molar-refractivity contribution in [3.8, 4) is 11.8 Å². The summed E-state index contributed by atoms with van der Waals surface area (Å²) in [5, 5.41) is 25.9. The van der Waals surface area contributed by atoms with E-state index in [1.165, 1.54) is 25.1 Å². The van der Waals surface area contributed by atoms with Crippen LogP contribution in [0.2, 0.25) is 0 Å². The van der Waals surface area contributed by atoms with Crippen molar-refractivity contribution in [2.45, 2.75) is 109 Å². The first kappa shape index (κ1) is 33.3. The largest absolute Gasteiger partial charge is 0.492 e. The summed E-state index contributed by atoms with van der Waals surface area (Å²) in [4.78, 5) is 41.0. The molecular formula is C32H45N3O9. The number of carbonyl (C=O) groups excluding carboxylic acids is 3. The highest BCUT2D eigenvalue weighted by Crippen LogP contribution is 2.37. The molecule has 12 heteroatoms. The number of rotatable bonds is 11. The number of nitrogens with zero attached hydrogens (tertiary/aromatic N) is 1. The zero-order valence-corrected chi connectivity index (χ0v) is 26.0. The molecule has 0 bridgehead atoms. The van der Waals surface area contributed by atoms with Gasteiger partial charge >= 0.3 is 11.9 Å². The Hall–Kier alpha value is -3.61. The van der Waals surface area contributed by atoms with E-state index < -0.39 is 18.0 Å². The molecule has 3 saturated heterocycles. The molecule has 3 aliphatic rings. The average Bonchev–Trinajstić information content (AvgIpc) is 3.61. The smallest absolute Gasteiger partial charge is 0.335 e. The fraction of sp³-hybridized carbons (Fsp3) is 0.594. The van der Waals surface area contributed by atoms with E-state index in [1.54, 1.807) is 13.0 Å². The Kier molecular flexibility index (Phi) is 10.9. The third-order valence-electron chi connectivity index (χ3n) is 8.30. The molecule has 0 aliphatic carbocycles. The summed E-state index contributed by atoms with van der Waals surface area (Å²) >= 11 is 0. The van der Waals surface area contributed by atoms with Crippen LogP contribution in [0, 0.1) is 5.92 Å². The Morgan fingerprint density at radius 2 is 1.86 bits per heavy atom. The Balaban J connectivity index is 1.24. The molecule has 12 nitrogen and oxygen atoms in total. The second kappa shape index (κ2) is 14.4. The summed E-state index contributed by atoms with van der Waals surface area (Å²) in [5.41, 5.74) is 1.01. The molecule has 1 amide bonds. The van der Waals surface area contributed by atoms with Crippen LogP contribution in [-0.2, 0) is 28.6 Å². The minimum absolute atomic E-state index is 0.0140. The maximum absolute atomic E-state index is 12.5. The van der Waals surface area contributed by atoms with Crippen LogP contribution in [-0.4, -0.2) is 81.4 Å². The van der Waals surface area contributed by atoms with Crippen LogP contribution < -0.4 is 15.5 Å². The third kappa shape index (κ3) is 9.44. The van der Waals surface area contributed by atoms with E-state index in [2.05, 4.69) is 23.6 Å². The Bertz CT molecular complexity index is 1260. The van der Waals surface area contributed by atoms with Gasteiger partial charge in [-0.25, -0.2) is 4.79 Å². The van der Waals surface area contributed by atoms with Crippen molar-refractivity contribution < 1.29 is 43.6 Å². The molecule has 8 atom stereocenters. The number of amides is 1. The van der Waals surface area contributed by atoms with Crippen LogP contribution in [0.25, 0.3) is 0 Å². The lowest BCUT2D eigenvalue weighted by molar-refractivity contribution is -0.151. The van der Waals surface area contributed by atoms with Gasteiger partial charge in [-0.2, -0.15) is 0 Å². The number of hydrogen-bond acceptors (Lipinski definition) is 10. The molecule has 0 aromatic carbocycles. The van der Waals surface area contributed by atoms with Crippen LogP contribution in [0.5, 0.6) is 11.8 Å². The van der Waals surface area contributed by atoms with E-state index in [0.717, 1.165) is 31.4 Å². The lowest BCUT2D eigenvalue weighted by atomic mass is 9.88. The second-order valence-electron chi connectivity index (χ2n) is 12.3. The van der Waals surface area contributed by atoms with Gasteiger partial charge in [0.15, 0.2) is 0 Å². The van der Waals surface area contributed by atoms with Crippen LogP contribution in [0.4, 0.5) is 0 Å². The highest BCUT2D eigenvalue weighted by Gasteiger charge is 2.49. The highest BCUT2D eigenvalue weighted by molar-refractivity contribution is 5.87. The van der Waals surface area contributed by atoms with Crippen LogP contribution >= 0.6 is 0 Å². The number of carbonyl (C=O) groups is 3. The topological polar surface area (TPSA) is 167 Å². The van der Waals surface area contributed by atoms with Gasteiger partial charge in [0, 0.05) is 37.2 Å². The van der Waals surface area contributed by atoms with E-state index in [4.69, 9.17) is 19.0 Å². The molecular weight excluding hydrogens is 570 g/mol. The van der Waals surface area contributed by atoms with Crippen molar-refractivity contribution in [1.82, 2.24) is 15.4 Å². The predicted octanol–water partition coefficient (Wildman–Crippen LogP) is 2.83. The van der Waals surface area contributed by atoms with Gasteiger partial charge in [0.1, 0.15) is 6.10 Å². The molecule has 0 radical (unpaired) electrons. The zero-order chi connectivity index (χ0) is 32.0. The van der Waals surface area contributed by atoms with Gasteiger partial charge in [-0.15, -0.1) is 4.73 Å². The fourth-order valence-electron chi connectivity index (χ4n) is 5.81. The van der Waals surface area contributed by atoms with Gasteiger partial charge < -0.3 is 39.9 Å². The number of aromatic hydroxyl groups is 2. The molecule has 3 aliphatic heterocycles. The van der Waals surface area contributed by atoms with Gasteiger partial charge in [-0.1, -0.05) is 30.7 Å². The van der Waals surface area contributed by atoms with Gasteiger partial charge in [0.25, 0.3) is 0 Å². The Labute approximate surface area is 258 Å². The van der Waals surface area contributed by atoms with Crippen LogP contribution in [0.1, 0.15) is 66.7 Å². The monoisotopic (exact) mass is 615 g/mol. The number of nitrogens with one attached hydrogen (secondary N) is 2. The first-order valence-electron chi connectivity index (χ1n) is 15.2. The van der Waals surface area contributed by atoms with Crippen molar-refractivity contribution >= 4 is 17.8 Å². The minimum Gasteiger partial charge on any atom is -0.492 e. The molecule has 4 N–H and O–H groups in total. The number of hydrogen-bond donors (Lipinski definition) is 4.